The third-order valence-electron chi connectivity index (χ3n) is 11.3. The average molecular weight is 799 g/mol. The van der Waals surface area contributed by atoms with Gasteiger partial charge in [-0.15, -0.1) is 0 Å². The summed E-state index contributed by atoms with van der Waals surface area (Å²) in [6, 6.07) is 14.1. The molecule has 2 aliphatic heterocycles. The molecule has 2 aromatic carbocycles. The Morgan fingerprint density at radius 1 is 0.621 bits per heavy atom. The molecule has 2 aromatic heterocycles. The zero-order valence-corrected chi connectivity index (χ0v) is 34.4. The molecular weight excluding hydrogens is 745 g/mol. The molecule has 2 saturated heterocycles. The van der Waals surface area contributed by atoms with E-state index in [-0.39, 0.29) is 23.9 Å². The number of hydrogen-bond donors (Lipinski definition) is 4. The molecule has 4 heterocycles. The zero-order chi connectivity index (χ0) is 41.7. The first kappa shape index (κ1) is 41.9. The van der Waals surface area contributed by atoms with Gasteiger partial charge in [0.25, 0.3) is 0 Å². The lowest BCUT2D eigenvalue weighted by molar-refractivity contribution is -0.138. The second-order valence-corrected chi connectivity index (χ2v) is 14.8. The van der Waals surface area contributed by atoms with E-state index in [2.05, 4.69) is 44.9 Å². The lowest BCUT2D eigenvalue weighted by Gasteiger charge is -2.30. The third kappa shape index (κ3) is 8.72. The molecule has 4 N–H and O–H groups in total. The van der Waals surface area contributed by atoms with Gasteiger partial charge in [0.05, 0.1) is 49.9 Å². The van der Waals surface area contributed by atoms with Gasteiger partial charge in [-0.3, -0.25) is 9.59 Å². The van der Waals surface area contributed by atoms with Crippen molar-refractivity contribution in [2.75, 3.05) is 41.5 Å². The van der Waals surface area contributed by atoms with Crippen LogP contribution in [0.1, 0.15) is 74.7 Å². The molecule has 58 heavy (non-hydrogen) atoms. The number of benzene rings is 2. The molecule has 4 aromatic rings. The molecule has 4 amide bonds. The molecule has 16 heteroatoms. The summed E-state index contributed by atoms with van der Waals surface area (Å²) in [6.07, 6.45) is 0.572. The number of ether oxygens (including phenoxy) is 4. The van der Waals surface area contributed by atoms with Crippen molar-refractivity contribution in [3.05, 3.63) is 71.6 Å². The number of aromatic amines is 2. The molecule has 16 nitrogen and oxygen atoms in total. The second kappa shape index (κ2) is 18.2. The van der Waals surface area contributed by atoms with E-state index in [0.717, 1.165) is 70.7 Å². The maximum absolute atomic E-state index is 13.7. The number of hydrogen-bond acceptors (Lipinski definition) is 10. The van der Waals surface area contributed by atoms with Gasteiger partial charge in [0.2, 0.25) is 11.8 Å². The third-order valence-corrected chi connectivity index (χ3v) is 11.3. The number of alkyl carbamates (subject to hydrolysis) is 2. The topological polar surface area (TPSA) is 193 Å². The van der Waals surface area contributed by atoms with Crippen LogP contribution in [0.5, 0.6) is 0 Å². The van der Waals surface area contributed by atoms with Crippen LogP contribution in [0.2, 0.25) is 0 Å². The maximum Gasteiger partial charge on any atom is 0.407 e. The average Bonchev–Trinajstić information content (AvgIpc) is 4.07. The minimum Gasteiger partial charge on any atom is -0.453 e. The highest BCUT2D eigenvalue weighted by Crippen LogP contribution is 2.36. The first-order valence-corrected chi connectivity index (χ1v) is 19.6. The van der Waals surface area contributed by atoms with Crippen LogP contribution in [-0.4, -0.2) is 120 Å². The van der Waals surface area contributed by atoms with Gasteiger partial charge in [0.1, 0.15) is 23.7 Å². The Balaban J connectivity index is 1.15. The van der Waals surface area contributed by atoms with E-state index < -0.39 is 36.5 Å². The van der Waals surface area contributed by atoms with Crippen LogP contribution in [-0.2, 0) is 28.5 Å². The number of aryl methyl sites for hydroxylation is 2. The first-order chi connectivity index (χ1) is 27.9. The van der Waals surface area contributed by atoms with Crippen LogP contribution >= 0.6 is 0 Å². The number of rotatable bonds is 13. The first-order valence-electron chi connectivity index (χ1n) is 19.6. The Morgan fingerprint density at radius 2 is 0.966 bits per heavy atom. The van der Waals surface area contributed by atoms with Gasteiger partial charge < -0.3 is 49.3 Å². The Kier molecular flexibility index (Phi) is 13.2. The van der Waals surface area contributed by atoms with E-state index >= 15 is 0 Å². The molecule has 0 bridgehead atoms. The number of aromatic nitrogens is 4. The van der Waals surface area contributed by atoms with Crippen LogP contribution < -0.4 is 10.6 Å². The molecule has 0 radical (unpaired) electrons. The van der Waals surface area contributed by atoms with Crippen molar-refractivity contribution >= 4 is 24.0 Å². The van der Waals surface area contributed by atoms with Gasteiger partial charge in [-0.2, -0.15) is 0 Å². The van der Waals surface area contributed by atoms with Gasteiger partial charge in [0.15, 0.2) is 0 Å². The van der Waals surface area contributed by atoms with Crippen molar-refractivity contribution in [3.63, 3.8) is 0 Å². The molecule has 0 unspecified atom stereocenters. The molecule has 0 aliphatic carbocycles. The summed E-state index contributed by atoms with van der Waals surface area (Å²) in [5.41, 5.74) is 7.35. The van der Waals surface area contributed by atoms with Crippen LogP contribution in [0.25, 0.3) is 33.6 Å². The van der Waals surface area contributed by atoms with E-state index in [9.17, 15) is 19.2 Å². The van der Waals surface area contributed by atoms with Crippen molar-refractivity contribution in [2.24, 2.45) is 0 Å². The lowest BCUT2D eigenvalue weighted by Crippen LogP contribution is -2.54. The van der Waals surface area contributed by atoms with E-state index in [1.54, 1.807) is 23.6 Å². The molecule has 2 aliphatic rings. The molecular formula is C42H54N8O8. The summed E-state index contributed by atoms with van der Waals surface area (Å²) in [6.45, 7) is 8.49. The van der Waals surface area contributed by atoms with Gasteiger partial charge >= 0.3 is 12.2 Å². The number of methoxy groups -OCH3 is 4. The van der Waals surface area contributed by atoms with E-state index in [0.29, 0.717) is 24.7 Å². The fraction of sp³-hybridized carbons (Fsp3) is 0.476. The minimum absolute atomic E-state index is 0.249. The summed E-state index contributed by atoms with van der Waals surface area (Å²) in [4.78, 5) is 71.8. The van der Waals surface area contributed by atoms with Crippen LogP contribution in [0, 0.1) is 13.8 Å². The number of likely N-dealkylation sites (tertiary alicyclic amines) is 2. The van der Waals surface area contributed by atoms with Crippen LogP contribution in [0.4, 0.5) is 9.59 Å². The van der Waals surface area contributed by atoms with Crippen LogP contribution in [0.15, 0.2) is 48.5 Å². The molecule has 6 rings (SSSR count). The normalized spacial score (nSPS) is 18.7. The Bertz CT molecular complexity index is 1930. The largest absolute Gasteiger partial charge is 0.453 e. The smallest absolute Gasteiger partial charge is 0.407 e. The number of nitrogens with zero attached hydrogens (tertiary/aromatic N) is 4. The summed E-state index contributed by atoms with van der Waals surface area (Å²) >= 11 is 0. The highest BCUT2D eigenvalue weighted by Gasteiger charge is 2.40. The SMILES string of the molecule is COC(=O)N[C@H](C(=O)N1CCC[C@H]1c1nc(-c2ccc(-c3ccc(-c4nc([C@@H]5CCCN5C(=O)[C@H](NC(=O)OC)[C@H](C)OC)[nH]c4C)cc3)cc2)c(C)[nH]1)[C@@H](C)OC. The van der Waals surface area contributed by atoms with Crippen molar-refractivity contribution in [2.45, 2.75) is 89.8 Å². The van der Waals surface area contributed by atoms with Crippen LogP contribution in [0.3, 0.4) is 0 Å². The second-order valence-electron chi connectivity index (χ2n) is 14.8. The van der Waals surface area contributed by atoms with E-state index in [1.807, 2.05) is 38.1 Å². The number of carbonyl (C=O) groups is 4. The Labute approximate surface area is 338 Å². The van der Waals surface area contributed by atoms with Crippen molar-refractivity contribution in [1.82, 2.24) is 40.4 Å². The highest BCUT2D eigenvalue weighted by molar-refractivity contribution is 5.87. The van der Waals surface area contributed by atoms with Gasteiger partial charge in [0, 0.05) is 49.8 Å². The maximum atomic E-state index is 13.7. The van der Waals surface area contributed by atoms with Crippen molar-refractivity contribution in [1.29, 1.82) is 0 Å². The molecule has 0 spiro atoms. The fourth-order valence-electron chi connectivity index (χ4n) is 7.88. The Morgan fingerprint density at radius 3 is 1.29 bits per heavy atom. The number of imidazole rings is 2. The number of nitrogens with one attached hydrogen (secondary N) is 4. The summed E-state index contributed by atoms with van der Waals surface area (Å²) in [5.74, 6) is 0.899. The monoisotopic (exact) mass is 798 g/mol. The fourth-order valence-corrected chi connectivity index (χ4v) is 7.88. The zero-order valence-electron chi connectivity index (χ0n) is 34.4. The Hall–Kier alpha value is -5.74. The standard InChI is InChI=1S/C42H54N8O8/c1-23-33(45-37(43-23)31-11-9-21-49(31)39(51)35(25(3)55-5)47-41(53)57-7)29-17-13-27(14-18-29)28-15-19-30(20-16-28)34-24(2)44-38(46-34)32-12-10-22-50(32)40(52)36(26(4)56-6)48-42(54)58-8/h13-20,25-26,31-32,35-36H,9-12,21-22H2,1-8H3,(H,43,45)(H,44,46)(H,47,53)(H,48,54)/t25-,26+,31-,32-,35+,36-/m0/s1. The summed E-state index contributed by atoms with van der Waals surface area (Å²) in [7, 11) is 5.52. The number of carbonyl (C=O) groups excluding carboxylic acids is 4. The molecule has 6 atom stereocenters. The molecule has 310 valence electrons. The lowest BCUT2D eigenvalue weighted by atomic mass is 10.0. The van der Waals surface area contributed by atoms with Crippen molar-refractivity contribution < 1.29 is 38.1 Å². The predicted octanol–water partition coefficient (Wildman–Crippen LogP) is 5.60. The van der Waals surface area contributed by atoms with Gasteiger partial charge in [-0.25, -0.2) is 19.6 Å². The number of amides is 4. The van der Waals surface area contributed by atoms with Crippen molar-refractivity contribution in [3.8, 4) is 33.6 Å². The van der Waals surface area contributed by atoms with E-state index in [1.165, 1.54) is 28.4 Å². The number of H-pyrrole nitrogens is 2. The quantitative estimate of drug-likeness (QED) is 0.132. The van der Waals surface area contributed by atoms with Gasteiger partial charge in [-0.05, 0) is 64.5 Å². The van der Waals surface area contributed by atoms with Gasteiger partial charge in [-0.1, -0.05) is 48.5 Å². The van der Waals surface area contributed by atoms with E-state index in [4.69, 9.17) is 28.9 Å². The summed E-state index contributed by atoms with van der Waals surface area (Å²) in [5, 5.41) is 5.26. The predicted molar refractivity (Wildman–Crippen MR) is 215 cm³/mol. The molecule has 2 fully saturated rings. The minimum atomic E-state index is -0.904. The highest BCUT2D eigenvalue weighted by atomic mass is 16.5. The summed E-state index contributed by atoms with van der Waals surface area (Å²) < 4.78 is 20.3. The molecule has 0 saturated carbocycles.